The van der Waals surface area contributed by atoms with E-state index in [1.807, 2.05) is 13.0 Å². The molecule has 184 valence electrons. The summed E-state index contributed by atoms with van der Waals surface area (Å²) in [6.07, 6.45) is 1.36. The van der Waals surface area contributed by atoms with Gasteiger partial charge in [0.25, 0.3) is 11.8 Å². The Kier molecular flexibility index (Phi) is 7.10. The molecule has 2 amide bonds. The van der Waals surface area contributed by atoms with Gasteiger partial charge in [-0.3, -0.25) is 19.9 Å². The number of likely N-dealkylation sites (tertiary alicyclic amines) is 1. The lowest BCUT2D eigenvalue weighted by Gasteiger charge is -2.32. The van der Waals surface area contributed by atoms with E-state index in [9.17, 15) is 14.7 Å². The summed E-state index contributed by atoms with van der Waals surface area (Å²) in [5.41, 5.74) is 2.38. The Hall–Kier alpha value is -3.04. The second-order valence-corrected chi connectivity index (χ2v) is 11.1. The Morgan fingerprint density at radius 3 is 2.49 bits per heavy atom. The van der Waals surface area contributed by atoms with Gasteiger partial charge in [0.05, 0.1) is 16.3 Å². The molecule has 8 nitrogen and oxygen atoms in total. The molecule has 3 aromatic rings. The first kappa shape index (κ1) is 25.1. The molecule has 4 rings (SSSR count). The minimum Gasteiger partial charge on any atom is -0.506 e. The van der Waals surface area contributed by atoms with Gasteiger partial charge in [-0.05, 0) is 50.1 Å². The van der Waals surface area contributed by atoms with Crippen LogP contribution >= 0.6 is 22.9 Å². The Bertz CT molecular complexity index is 1260. The van der Waals surface area contributed by atoms with E-state index in [1.165, 1.54) is 23.5 Å². The van der Waals surface area contributed by atoms with Gasteiger partial charge in [-0.1, -0.05) is 43.7 Å². The lowest BCUT2D eigenvalue weighted by atomic mass is 9.89. The Morgan fingerprint density at radius 2 is 1.86 bits per heavy atom. The molecule has 2 N–H and O–H groups in total. The van der Waals surface area contributed by atoms with E-state index in [0.29, 0.717) is 42.2 Å². The van der Waals surface area contributed by atoms with E-state index in [2.05, 4.69) is 36.3 Å². The summed E-state index contributed by atoms with van der Waals surface area (Å²) in [7, 11) is 0. The number of hydrogen-bond acceptors (Lipinski definition) is 7. The fraction of sp³-hybridized carbons (Fsp3) is 0.400. The minimum atomic E-state index is -0.263. The van der Waals surface area contributed by atoms with Crippen LogP contribution in [0.15, 0.2) is 30.3 Å². The van der Waals surface area contributed by atoms with Crippen molar-refractivity contribution < 1.29 is 14.7 Å². The summed E-state index contributed by atoms with van der Waals surface area (Å²) in [6.45, 7) is 9.12. The molecule has 0 aliphatic carbocycles. The van der Waals surface area contributed by atoms with E-state index in [-0.39, 0.29) is 33.9 Å². The van der Waals surface area contributed by atoms with Crippen LogP contribution in [0.1, 0.15) is 76.6 Å². The molecule has 1 aliphatic rings. The number of amides is 2. The summed E-state index contributed by atoms with van der Waals surface area (Å²) in [5, 5.41) is 22.3. The average molecular weight is 514 g/mol. The molecule has 0 radical (unpaired) electrons. The van der Waals surface area contributed by atoms with Gasteiger partial charge in [0, 0.05) is 35.7 Å². The summed E-state index contributed by atoms with van der Waals surface area (Å²) < 4.78 is 0. The van der Waals surface area contributed by atoms with Crippen LogP contribution in [0.3, 0.4) is 0 Å². The second-order valence-electron chi connectivity index (χ2n) is 9.73. The van der Waals surface area contributed by atoms with E-state index < -0.39 is 0 Å². The van der Waals surface area contributed by atoms with Crippen LogP contribution in [0.4, 0.5) is 5.13 Å². The van der Waals surface area contributed by atoms with Crippen molar-refractivity contribution in [3.8, 4) is 5.75 Å². The lowest BCUT2D eigenvalue weighted by molar-refractivity contribution is 0.0711. The number of pyridine rings is 1. The van der Waals surface area contributed by atoms with Crippen LogP contribution in [0.5, 0.6) is 5.75 Å². The fourth-order valence-corrected chi connectivity index (χ4v) is 4.98. The second kappa shape index (κ2) is 9.91. The van der Waals surface area contributed by atoms with Gasteiger partial charge in [-0.15, -0.1) is 10.2 Å². The molecular formula is C25H28ClN5O3S. The third-order valence-corrected chi connectivity index (χ3v) is 7.53. The van der Waals surface area contributed by atoms with Crippen molar-refractivity contribution in [1.29, 1.82) is 0 Å². The van der Waals surface area contributed by atoms with Crippen LogP contribution in [0, 0.1) is 6.92 Å². The average Bonchev–Trinajstić information content (AvgIpc) is 3.29. The number of benzene rings is 1. The standard InChI is InChI=1S/C25H28ClN5O3S/c1-14-5-7-17(21(33)28-24-30-29-23(35-24)25(2,3)4)20(27-14)15-9-11-31(12-10-15)22(34)16-6-8-19(32)18(26)13-16/h5-8,13,15,32H,9-12H2,1-4H3,(H,28,30,33). The molecule has 10 heteroatoms. The largest absolute Gasteiger partial charge is 0.506 e. The smallest absolute Gasteiger partial charge is 0.259 e. The van der Waals surface area contributed by atoms with Crippen molar-refractivity contribution in [3.63, 3.8) is 0 Å². The van der Waals surface area contributed by atoms with Gasteiger partial charge >= 0.3 is 0 Å². The number of rotatable bonds is 4. The number of phenolic OH excluding ortho intramolecular Hbond substituents is 1. The van der Waals surface area contributed by atoms with Crippen molar-refractivity contribution in [2.24, 2.45) is 0 Å². The number of piperidine rings is 1. The van der Waals surface area contributed by atoms with E-state index >= 15 is 0 Å². The molecule has 3 heterocycles. The molecule has 1 aliphatic heterocycles. The maximum absolute atomic E-state index is 13.2. The summed E-state index contributed by atoms with van der Waals surface area (Å²) in [6, 6.07) is 8.10. The van der Waals surface area contributed by atoms with E-state index in [0.717, 1.165) is 16.4 Å². The number of anilines is 1. The monoisotopic (exact) mass is 513 g/mol. The van der Waals surface area contributed by atoms with Gasteiger partial charge in [0.2, 0.25) is 5.13 Å². The highest BCUT2D eigenvalue weighted by Gasteiger charge is 2.29. The van der Waals surface area contributed by atoms with Crippen LogP contribution in [0.25, 0.3) is 0 Å². The Balaban J connectivity index is 1.47. The highest BCUT2D eigenvalue weighted by molar-refractivity contribution is 7.15. The first-order chi connectivity index (χ1) is 16.5. The molecule has 0 bridgehead atoms. The number of phenols is 1. The highest BCUT2D eigenvalue weighted by Crippen LogP contribution is 2.32. The van der Waals surface area contributed by atoms with Gasteiger partial charge < -0.3 is 10.0 Å². The number of carbonyl (C=O) groups is 2. The topological polar surface area (TPSA) is 108 Å². The number of aryl methyl sites for hydroxylation is 1. The Labute approximate surface area is 213 Å². The maximum Gasteiger partial charge on any atom is 0.259 e. The molecular weight excluding hydrogens is 486 g/mol. The van der Waals surface area contributed by atoms with Gasteiger partial charge in [-0.25, -0.2) is 0 Å². The van der Waals surface area contributed by atoms with Crippen LogP contribution in [-0.4, -0.2) is 50.1 Å². The minimum absolute atomic E-state index is 0.0441. The first-order valence-corrected chi connectivity index (χ1v) is 12.6. The predicted octanol–water partition coefficient (Wildman–Crippen LogP) is 5.17. The molecule has 1 aromatic carbocycles. The normalized spacial score (nSPS) is 14.7. The van der Waals surface area contributed by atoms with Gasteiger partial charge in [-0.2, -0.15) is 0 Å². The zero-order valence-corrected chi connectivity index (χ0v) is 21.7. The zero-order valence-electron chi connectivity index (χ0n) is 20.1. The van der Waals surface area contributed by atoms with Crippen molar-refractivity contribution in [3.05, 3.63) is 62.9 Å². The molecule has 1 fully saturated rings. The van der Waals surface area contributed by atoms with Crippen LogP contribution in [0.2, 0.25) is 5.02 Å². The Morgan fingerprint density at radius 1 is 1.14 bits per heavy atom. The third-order valence-electron chi connectivity index (χ3n) is 5.96. The fourth-order valence-electron chi connectivity index (χ4n) is 4.00. The maximum atomic E-state index is 13.2. The first-order valence-electron chi connectivity index (χ1n) is 11.4. The highest BCUT2D eigenvalue weighted by atomic mass is 35.5. The van der Waals surface area contributed by atoms with Crippen LogP contribution in [-0.2, 0) is 5.41 Å². The molecule has 35 heavy (non-hydrogen) atoms. The summed E-state index contributed by atoms with van der Waals surface area (Å²) in [4.78, 5) is 32.5. The molecule has 1 saturated heterocycles. The molecule has 0 spiro atoms. The quantitative estimate of drug-likeness (QED) is 0.498. The zero-order chi connectivity index (χ0) is 25.3. The van der Waals surface area contributed by atoms with E-state index in [4.69, 9.17) is 16.6 Å². The lowest BCUT2D eigenvalue weighted by Crippen LogP contribution is -2.38. The summed E-state index contributed by atoms with van der Waals surface area (Å²) in [5.74, 6) is -0.406. The van der Waals surface area contributed by atoms with E-state index in [1.54, 1.807) is 17.0 Å². The number of nitrogens with zero attached hydrogens (tertiary/aromatic N) is 4. The summed E-state index contributed by atoms with van der Waals surface area (Å²) >= 11 is 7.34. The molecule has 0 saturated carbocycles. The third kappa shape index (κ3) is 5.62. The van der Waals surface area contributed by atoms with Crippen LogP contribution < -0.4 is 5.32 Å². The van der Waals surface area contributed by atoms with Crippen molar-refractivity contribution in [2.75, 3.05) is 18.4 Å². The molecule has 2 aromatic heterocycles. The SMILES string of the molecule is Cc1ccc(C(=O)Nc2nnc(C(C)(C)C)s2)c(C2CCN(C(=O)c3ccc(O)c(Cl)c3)CC2)n1. The number of aromatic nitrogens is 3. The number of nitrogens with one attached hydrogen (secondary N) is 1. The van der Waals surface area contributed by atoms with Crippen molar-refractivity contribution in [1.82, 2.24) is 20.1 Å². The number of carbonyl (C=O) groups excluding carboxylic acids is 2. The number of hydrogen-bond donors (Lipinski definition) is 2. The van der Waals surface area contributed by atoms with Crippen molar-refractivity contribution >= 4 is 39.9 Å². The van der Waals surface area contributed by atoms with Gasteiger partial charge in [0.1, 0.15) is 10.8 Å². The number of aromatic hydroxyl groups is 1. The predicted molar refractivity (Wildman–Crippen MR) is 137 cm³/mol. The molecule has 0 unspecified atom stereocenters. The van der Waals surface area contributed by atoms with Gasteiger partial charge in [0.15, 0.2) is 0 Å². The van der Waals surface area contributed by atoms with Crippen molar-refractivity contribution in [2.45, 2.75) is 51.9 Å². The molecule has 0 atom stereocenters. The number of halogens is 1.